The number of hydrogen-bond acceptors (Lipinski definition) is 4. The predicted octanol–water partition coefficient (Wildman–Crippen LogP) is 2.53. The number of nitroso groups, excluding NO2 is 1. The van der Waals surface area contributed by atoms with Gasteiger partial charge in [-0.25, -0.2) is 0 Å². The zero-order valence-corrected chi connectivity index (χ0v) is 7.66. The predicted molar refractivity (Wildman–Crippen MR) is 52.5 cm³/mol. The molecule has 0 atom stereocenters. The molecule has 0 radical (unpaired) electrons. The van der Waals surface area contributed by atoms with Gasteiger partial charge in [-0.3, -0.25) is 0 Å². The molecule has 0 aliphatic heterocycles. The molecule has 0 saturated heterocycles. The summed E-state index contributed by atoms with van der Waals surface area (Å²) in [6.45, 7) is 4.59. The van der Waals surface area contributed by atoms with Gasteiger partial charge in [0.2, 0.25) is 0 Å². The lowest BCUT2D eigenvalue weighted by molar-refractivity contribution is 0.477. The van der Waals surface area contributed by atoms with Crippen molar-refractivity contribution in [1.29, 1.82) is 0 Å². The molecular weight excluding hydrogens is 168 g/mol. The Morgan fingerprint density at radius 3 is 2.77 bits per heavy atom. The number of aromatic hydroxyl groups is 1. The topological polar surface area (TPSA) is 61.7 Å². The van der Waals surface area contributed by atoms with Crippen molar-refractivity contribution < 1.29 is 5.11 Å². The zero-order chi connectivity index (χ0) is 9.84. The molecule has 0 fully saturated rings. The molecule has 1 rings (SSSR count). The van der Waals surface area contributed by atoms with Crippen LogP contribution in [-0.4, -0.2) is 11.7 Å². The minimum absolute atomic E-state index is 0.0825. The molecule has 0 aliphatic rings. The van der Waals surface area contributed by atoms with Gasteiger partial charge in [0.1, 0.15) is 11.4 Å². The van der Waals surface area contributed by atoms with E-state index >= 15 is 0 Å². The smallest absolute Gasteiger partial charge is 0.150 e. The summed E-state index contributed by atoms with van der Waals surface area (Å²) in [4.78, 5) is 10.2. The van der Waals surface area contributed by atoms with Crippen LogP contribution in [0.1, 0.15) is 12.5 Å². The molecule has 4 heteroatoms. The van der Waals surface area contributed by atoms with Gasteiger partial charge in [-0.1, -0.05) is 0 Å². The molecule has 0 heterocycles. The Balaban J connectivity index is 3.12. The Morgan fingerprint density at radius 1 is 1.54 bits per heavy atom. The quantitative estimate of drug-likeness (QED) is 0.702. The van der Waals surface area contributed by atoms with Crippen LogP contribution < -0.4 is 5.32 Å². The molecule has 70 valence electrons. The number of nitrogens with zero attached hydrogens (tertiary/aromatic N) is 1. The van der Waals surface area contributed by atoms with E-state index in [0.29, 0.717) is 0 Å². The number of aryl methyl sites for hydroxylation is 1. The fraction of sp³-hybridized carbons (Fsp3) is 0.333. The van der Waals surface area contributed by atoms with E-state index in [2.05, 4.69) is 10.5 Å². The summed E-state index contributed by atoms with van der Waals surface area (Å²) < 4.78 is 0. The molecule has 0 bridgehead atoms. The van der Waals surface area contributed by atoms with Crippen LogP contribution in [0.2, 0.25) is 0 Å². The lowest BCUT2D eigenvalue weighted by atomic mass is 10.1. The average Bonchev–Trinajstić information content (AvgIpc) is 2.11. The first-order chi connectivity index (χ1) is 6.19. The first-order valence-electron chi connectivity index (χ1n) is 4.10. The van der Waals surface area contributed by atoms with Crippen LogP contribution >= 0.6 is 0 Å². The van der Waals surface area contributed by atoms with E-state index in [4.69, 9.17) is 0 Å². The Kier molecular flexibility index (Phi) is 2.84. The first-order valence-corrected chi connectivity index (χ1v) is 4.10. The highest BCUT2D eigenvalue weighted by molar-refractivity contribution is 5.64. The Morgan fingerprint density at radius 2 is 2.23 bits per heavy atom. The number of benzene rings is 1. The van der Waals surface area contributed by atoms with Gasteiger partial charge < -0.3 is 10.4 Å². The molecule has 0 aliphatic carbocycles. The van der Waals surface area contributed by atoms with E-state index < -0.39 is 0 Å². The van der Waals surface area contributed by atoms with Crippen LogP contribution in [0.25, 0.3) is 0 Å². The minimum atomic E-state index is -0.0865. The minimum Gasteiger partial charge on any atom is -0.505 e. The van der Waals surface area contributed by atoms with Gasteiger partial charge in [-0.05, 0) is 30.7 Å². The molecule has 4 nitrogen and oxygen atoms in total. The third kappa shape index (κ3) is 1.96. The normalized spacial score (nSPS) is 9.69. The van der Waals surface area contributed by atoms with Crippen molar-refractivity contribution in [2.75, 3.05) is 11.9 Å². The van der Waals surface area contributed by atoms with Crippen molar-refractivity contribution in [3.05, 3.63) is 22.6 Å². The standard InChI is InChI=1S/C9H12N2O2/c1-3-10-7-5-9(12)8(11-13)4-6(7)2/h4-5,10,12H,3H2,1-2H3. The third-order valence-corrected chi connectivity index (χ3v) is 1.79. The van der Waals surface area contributed by atoms with E-state index in [1.54, 1.807) is 6.07 Å². The molecule has 1 aromatic carbocycles. The SMILES string of the molecule is CCNc1cc(O)c(N=O)cc1C. The van der Waals surface area contributed by atoms with Gasteiger partial charge in [-0.2, -0.15) is 0 Å². The van der Waals surface area contributed by atoms with Crippen LogP contribution in [-0.2, 0) is 0 Å². The number of nitrogens with one attached hydrogen (secondary N) is 1. The second-order valence-electron chi connectivity index (χ2n) is 2.78. The second-order valence-corrected chi connectivity index (χ2v) is 2.78. The summed E-state index contributed by atoms with van der Waals surface area (Å²) >= 11 is 0. The number of phenols is 1. The van der Waals surface area contributed by atoms with Crippen molar-refractivity contribution in [2.45, 2.75) is 13.8 Å². The summed E-state index contributed by atoms with van der Waals surface area (Å²) in [6.07, 6.45) is 0. The first kappa shape index (κ1) is 9.51. The van der Waals surface area contributed by atoms with Crippen LogP contribution in [0.4, 0.5) is 11.4 Å². The fourth-order valence-corrected chi connectivity index (χ4v) is 1.14. The van der Waals surface area contributed by atoms with Crippen LogP contribution in [0.3, 0.4) is 0 Å². The van der Waals surface area contributed by atoms with Gasteiger partial charge >= 0.3 is 0 Å². The van der Waals surface area contributed by atoms with Gasteiger partial charge in [-0.15, -0.1) is 4.91 Å². The van der Waals surface area contributed by atoms with Gasteiger partial charge in [0.05, 0.1) is 0 Å². The third-order valence-electron chi connectivity index (χ3n) is 1.79. The van der Waals surface area contributed by atoms with Gasteiger partial charge in [0, 0.05) is 18.3 Å². The molecule has 0 amide bonds. The van der Waals surface area contributed by atoms with Crippen molar-refractivity contribution >= 4 is 11.4 Å². The van der Waals surface area contributed by atoms with Crippen LogP contribution in [0.15, 0.2) is 17.3 Å². The highest BCUT2D eigenvalue weighted by Crippen LogP contribution is 2.31. The highest BCUT2D eigenvalue weighted by Gasteiger charge is 2.05. The summed E-state index contributed by atoms with van der Waals surface area (Å²) in [5.41, 5.74) is 1.81. The number of phenolic OH excluding ortho intramolecular Hbond substituents is 1. The summed E-state index contributed by atoms with van der Waals surface area (Å²) in [5.74, 6) is -0.0865. The van der Waals surface area contributed by atoms with Crippen molar-refractivity contribution in [2.24, 2.45) is 5.18 Å². The Labute approximate surface area is 76.6 Å². The molecule has 0 saturated carbocycles. The van der Waals surface area contributed by atoms with E-state index in [-0.39, 0.29) is 11.4 Å². The zero-order valence-electron chi connectivity index (χ0n) is 7.66. The molecule has 0 spiro atoms. The monoisotopic (exact) mass is 180 g/mol. The number of hydrogen-bond donors (Lipinski definition) is 2. The maximum atomic E-state index is 10.2. The largest absolute Gasteiger partial charge is 0.505 e. The molecule has 0 aromatic heterocycles. The summed E-state index contributed by atoms with van der Waals surface area (Å²) in [7, 11) is 0. The number of rotatable bonds is 3. The highest BCUT2D eigenvalue weighted by atomic mass is 16.3. The van der Waals surface area contributed by atoms with Crippen molar-refractivity contribution in [3.8, 4) is 5.75 Å². The molecule has 2 N–H and O–H groups in total. The van der Waals surface area contributed by atoms with E-state index in [1.165, 1.54) is 6.07 Å². The lowest BCUT2D eigenvalue weighted by Crippen LogP contribution is -1.98. The Hall–Kier alpha value is -1.58. The van der Waals surface area contributed by atoms with Crippen LogP contribution in [0, 0.1) is 11.8 Å². The van der Waals surface area contributed by atoms with Crippen molar-refractivity contribution in [1.82, 2.24) is 0 Å². The summed E-state index contributed by atoms with van der Waals surface area (Å²) in [6, 6.07) is 3.07. The molecular formula is C9H12N2O2. The molecule has 1 aromatic rings. The van der Waals surface area contributed by atoms with E-state index in [9.17, 15) is 10.0 Å². The van der Waals surface area contributed by atoms with E-state index in [0.717, 1.165) is 17.8 Å². The maximum absolute atomic E-state index is 10.2. The van der Waals surface area contributed by atoms with E-state index in [1.807, 2.05) is 13.8 Å². The number of anilines is 1. The lowest BCUT2D eigenvalue weighted by Gasteiger charge is -2.08. The molecule has 0 unspecified atom stereocenters. The van der Waals surface area contributed by atoms with Crippen molar-refractivity contribution in [3.63, 3.8) is 0 Å². The summed E-state index contributed by atoms with van der Waals surface area (Å²) in [5, 5.41) is 15.1. The average molecular weight is 180 g/mol. The van der Waals surface area contributed by atoms with Crippen LogP contribution in [0.5, 0.6) is 5.75 Å². The second kappa shape index (κ2) is 3.89. The van der Waals surface area contributed by atoms with Gasteiger partial charge in [0.15, 0.2) is 0 Å². The maximum Gasteiger partial charge on any atom is 0.150 e. The fourth-order valence-electron chi connectivity index (χ4n) is 1.14. The Bertz CT molecular complexity index is 324. The van der Waals surface area contributed by atoms with Gasteiger partial charge in [0.25, 0.3) is 0 Å². The molecule has 13 heavy (non-hydrogen) atoms.